The molecule has 3 unspecified atom stereocenters. The van der Waals surface area contributed by atoms with E-state index >= 15 is 0 Å². The van der Waals surface area contributed by atoms with E-state index in [1.165, 1.54) is 38.6 Å². The van der Waals surface area contributed by atoms with Gasteiger partial charge in [-0.2, -0.15) is 0 Å². The first-order valence-electron chi connectivity index (χ1n) is 7.22. The number of nitrogens with zero attached hydrogens (tertiary/aromatic N) is 1. The van der Waals surface area contributed by atoms with Crippen molar-refractivity contribution in [2.75, 3.05) is 26.7 Å². The molecule has 1 aliphatic carbocycles. The minimum atomic E-state index is -0.106. The van der Waals surface area contributed by atoms with Crippen LogP contribution in [0.2, 0.25) is 0 Å². The molecule has 2 N–H and O–H groups in total. The van der Waals surface area contributed by atoms with Crippen LogP contribution in [0.15, 0.2) is 0 Å². The predicted octanol–water partition coefficient (Wildman–Crippen LogP) is 1.61. The van der Waals surface area contributed by atoms with Crippen molar-refractivity contribution in [3.8, 4) is 0 Å². The van der Waals surface area contributed by atoms with Crippen LogP contribution < -0.4 is 5.32 Å². The summed E-state index contributed by atoms with van der Waals surface area (Å²) in [7, 11) is 1.95. The van der Waals surface area contributed by atoms with Crippen molar-refractivity contribution in [3.63, 3.8) is 0 Å². The van der Waals surface area contributed by atoms with Crippen LogP contribution in [0.3, 0.4) is 0 Å². The lowest BCUT2D eigenvalue weighted by Crippen LogP contribution is -2.49. The summed E-state index contributed by atoms with van der Waals surface area (Å²) in [6.07, 6.45) is 8.14. The van der Waals surface area contributed by atoms with Crippen molar-refractivity contribution in [1.29, 1.82) is 0 Å². The fourth-order valence-corrected chi connectivity index (χ4v) is 3.51. The highest BCUT2D eigenvalue weighted by Crippen LogP contribution is 2.36. The Morgan fingerprint density at radius 1 is 1.29 bits per heavy atom. The molecule has 2 aliphatic rings. The first-order valence-corrected chi connectivity index (χ1v) is 7.22. The Morgan fingerprint density at radius 3 is 2.76 bits per heavy atom. The standard InChI is InChI=1S/C14H28N2O/c1-14(11-17,15-2)8-10-16-9-4-6-12-5-3-7-13(12)16/h12-13,15,17H,3-11H2,1-2H3. The third kappa shape index (κ3) is 3.01. The Labute approximate surface area is 106 Å². The van der Waals surface area contributed by atoms with Crippen LogP contribution in [0.4, 0.5) is 0 Å². The lowest BCUT2D eigenvalue weighted by Gasteiger charge is -2.39. The largest absolute Gasteiger partial charge is 0.394 e. The minimum absolute atomic E-state index is 0.106. The molecule has 100 valence electrons. The van der Waals surface area contributed by atoms with Gasteiger partial charge in [-0.05, 0) is 58.5 Å². The van der Waals surface area contributed by atoms with Gasteiger partial charge in [0.1, 0.15) is 0 Å². The lowest BCUT2D eigenvalue weighted by molar-refractivity contribution is 0.0890. The van der Waals surface area contributed by atoms with Gasteiger partial charge in [0.05, 0.1) is 6.61 Å². The summed E-state index contributed by atoms with van der Waals surface area (Å²) < 4.78 is 0. The van der Waals surface area contributed by atoms with Crippen molar-refractivity contribution in [1.82, 2.24) is 10.2 Å². The van der Waals surface area contributed by atoms with Crippen LogP contribution in [0.1, 0.15) is 45.4 Å². The van der Waals surface area contributed by atoms with Crippen LogP contribution in [-0.4, -0.2) is 48.3 Å². The fourth-order valence-electron chi connectivity index (χ4n) is 3.51. The molecule has 0 bridgehead atoms. The average Bonchev–Trinajstić information content (AvgIpc) is 2.84. The SMILES string of the molecule is CNC(C)(CO)CCN1CCCC2CCCC21. The van der Waals surface area contributed by atoms with Gasteiger partial charge in [-0.25, -0.2) is 0 Å². The van der Waals surface area contributed by atoms with Crippen LogP contribution in [0.25, 0.3) is 0 Å². The van der Waals surface area contributed by atoms with E-state index in [2.05, 4.69) is 17.1 Å². The second kappa shape index (κ2) is 5.68. The van der Waals surface area contributed by atoms with Crippen LogP contribution in [0, 0.1) is 5.92 Å². The van der Waals surface area contributed by atoms with E-state index in [-0.39, 0.29) is 12.1 Å². The zero-order valence-electron chi connectivity index (χ0n) is 11.4. The lowest BCUT2D eigenvalue weighted by atomic mass is 9.90. The summed E-state index contributed by atoms with van der Waals surface area (Å²) in [5.74, 6) is 0.971. The first-order chi connectivity index (χ1) is 8.18. The molecule has 1 heterocycles. The highest BCUT2D eigenvalue weighted by Gasteiger charge is 2.35. The van der Waals surface area contributed by atoms with E-state index in [4.69, 9.17) is 0 Å². The first kappa shape index (κ1) is 13.3. The fraction of sp³-hybridized carbons (Fsp3) is 1.00. The van der Waals surface area contributed by atoms with E-state index in [0.29, 0.717) is 0 Å². The molecule has 0 aromatic heterocycles. The van der Waals surface area contributed by atoms with Gasteiger partial charge < -0.3 is 15.3 Å². The van der Waals surface area contributed by atoms with Crippen molar-refractivity contribution < 1.29 is 5.11 Å². The quantitative estimate of drug-likeness (QED) is 0.766. The third-order valence-electron chi connectivity index (χ3n) is 5.01. The number of aliphatic hydroxyl groups is 1. The molecule has 1 aliphatic heterocycles. The number of likely N-dealkylation sites (N-methyl/N-ethyl adjacent to an activating group) is 1. The van der Waals surface area contributed by atoms with Crippen molar-refractivity contribution in [2.45, 2.75) is 57.0 Å². The highest BCUT2D eigenvalue weighted by molar-refractivity contribution is 4.91. The summed E-state index contributed by atoms with van der Waals surface area (Å²) in [4.78, 5) is 2.69. The van der Waals surface area contributed by atoms with Crippen molar-refractivity contribution in [2.24, 2.45) is 5.92 Å². The van der Waals surface area contributed by atoms with Gasteiger partial charge in [0.2, 0.25) is 0 Å². The maximum atomic E-state index is 9.42. The maximum absolute atomic E-state index is 9.42. The maximum Gasteiger partial charge on any atom is 0.0610 e. The summed E-state index contributed by atoms with van der Waals surface area (Å²) in [5, 5.41) is 12.7. The highest BCUT2D eigenvalue weighted by atomic mass is 16.3. The second-order valence-electron chi connectivity index (χ2n) is 6.16. The number of rotatable bonds is 5. The molecule has 2 fully saturated rings. The monoisotopic (exact) mass is 240 g/mol. The summed E-state index contributed by atoms with van der Waals surface area (Å²) in [6, 6.07) is 0.851. The normalized spacial score (nSPS) is 33.4. The number of likely N-dealkylation sites (tertiary alicyclic amines) is 1. The van der Waals surface area contributed by atoms with Gasteiger partial charge in [0.15, 0.2) is 0 Å². The second-order valence-corrected chi connectivity index (χ2v) is 6.16. The molecule has 3 heteroatoms. The average molecular weight is 240 g/mol. The Bertz CT molecular complexity index is 240. The number of piperidine rings is 1. The zero-order chi connectivity index (χ0) is 12.3. The smallest absolute Gasteiger partial charge is 0.0610 e. The Morgan fingerprint density at radius 2 is 2.06 bits per heavy atom. The van der Waals surface area contributed by atoms with E-state index in [1.54, 1.807) is 0 Å². The molecule has 1 saturated heterocycles. The van der Waals surface area contributed by atoms with Crippen LogP contribution >= 0.6 is 0 Å². The Balaban J connectivity index is 1.85. The van der Waals surface area contributed by atoms with Crippen molar-refractivity contribution >= 4 is 0 Å². The third-order valence-corrected chi connectivity index (χ3v) is 5.01. The zero-order valence-corrected chi connectivity index (χ0v) is 11.4. The predicted molar refractivity (Wildman–Crippen MR) is 71.1 cm³/mol. The van der Waals surface area contributed by atoms with Gasteiger partial charge >= 0.3 is 0 Å². The number of nitrogens with one attached hydrogen (secondary N) is 1. The number of fused-ring (bicyclic) bond motifs is 1. The molecule has 1 saturated carbocycles. The minimum Gasteiger partial charge on any atom is -0.394 e. The van der Waals surface area contributed by atoms with Crippen molar-refractivity contribution in [3.05, 3.63) is 0 Å². The molecule has 0 radical (unpaired) electrons. The summed E-state index contributed by atoms with van der Waals surface area (Å²) in [5.41, 5.74) is -0.106. The molecule has 0 amide bonds. The molecule has 2 rings (SSSR count). The number of hydrogen-bond acceptors (Lipinski definition) is 3. The van der Waals surface area contributed by atoms with Crippen LogP contribution in [-0.2, 0) is 0 Å². The Hall–Kier alpha value is -0.120. The molecule has 3 nitrogen and oxygen atoms in total. The molecule has 17 heavy (non-hydrogen) atoms. The molecular weight excluding hydrogens is 212 g/mol. The van der Waals surface area contributed by atoms with E-state index in [9.17, 15) is 5.11 Å². The number of hydrogen-bond donors (Lipinski definition) is 2. The van der Waals surface area contributed by atoms with Gasteiger partial charge in [0.25, 0.3) is 0 Å². The molecular formula is C14H28N2O. The van der Waals surface area contributed by atoms with Gasteiger partial charge in [0, 0.05) is 18.1 Å². The molecule has 0 aromatic rings. The molecule has 0 aromatic carbocycles. The Kier molecular flexibility index (Phi) is 4.45. The summed E-state index contributed by atoms with van der Waals surface area (Å²) >= 11 is 0. The van der Waals surface area contributed by atoms with Gasteiger partial charge in [-0.3, -0.25) is 0 Å². The van der Waals surface area contributed by atoms with Gasteiger partial charge in [-0.15, -0.1) is 0 Å². The van der Waals surface area contributed by atoms with Gasteiger partial charge in [-0.1, -0.05) is 6.42 Å². The summed E-state index contributed by atoms with van der Waals surface area (Å²) in [6.45, 7) is 4.75. The van der Waals surface area contributed by atoms with E-state index in [0.717, 1.165) is 24.9 Å². The van der Waals surface area contributed by atoms with E-state index < -0.39 is 0 Å². The molecule has 3 atom stereocenters. The molecule has 0 spiro atoms. The van der Waals surface area contributed by atoms with Crippen LogP contribution in [0.5, 0.6) is 0 Å². The van der Waals surface area contributed by atoms with E-state index in [1.807, 2.05) is 7.05 Å². The topological polar surface area (TPSA) is 35.5 Å². The number of aliphatic hydroxyl groups excluding tert-OH is 1.